The van der Waals surface area contributed by atoms with E-state index in [-0.39, 0.29) is 0 Å². The van der Waals surface area contributed by atoms with Gasteiger partial charge < -0.3 is 0 Å². The van der Waals surface area contributed by atoms with Gasteiger partial charge in [0.1, 0.15) is 0 Å². The number of rotatable bonds is 4. The van der Waals surface area contributed by atoms with Gasteiger partial charge in [-0.2, -0.15) is 5.10 Å². The predicted octanol–water partition coefficient (Wildman–Crippen LogP) is 4.58. The molecule has 0 aliphatic carbocycles. The first kappa shape index (κ1) is 13.5. The molecule has 0 radical (unpaired) electrons. The summed E-state index contributed by atoms with van der Waals surface area (Å²) in [5, 5.41) is 6.63. The number of thioether (sulfide) groups is 1. The van der Waals surface area contributed by atoms with Crippen molar-refractivity contribution in [2.75, 3.05) is 6.26 Å². The monoisotopic (exact) mass is 280 g/mol. The van der Waals surface area contributed by atoms with Crippen LogP contribution < -0.4 is 0 Å². The summed E-state index contributed by atoms with van der Waals surface area (Å²) in [7, 11) is 0. The van der Waals surface area contributed by atoms with Crippen molar-refractivity contribution in [1.29, 1.82) is 0 Å². The van der Waals surface area contributed by atoms with Crippen LogP contribution >= 0.6 is 23.4 Å². The normalized spacial score (nSPS) is 11.2. The molecule has 1 heterocycles. The van der Waals surface area contributed by atoms with E-state index < -0.39 is 0 Å². The van der Waals surface area contributed by atoms with Gasteiger partial charge in [0.2, 0.25) is 0 Å². The molecule has 1 aromatic heterocycles. The third kappa shape index (κ3) is 3.09. The van der Waals surface area contributed by atoms with Gasteiger partial charge in [-0.15, -0.1) is 11.8 Å². The molecule has 96 valence electrons. The van der Waals surface area contributed by atoms with Gasteiger partial charge in [-0.3, -0.25) is 4.68 Å². The van der Waals surface area contributed by atoms with Gasteiger partial charge >= 0.3 is 0 Å². The lowest BCUT2D eigenvalue weighted by Gasteiger charge is -2.07. The van der Waals surface area contributed by atoms with Crippen molar-refractivity contribution >= 4 is 23.4 Å². The highest BCUT2D eigenvalue weighted by Gasteiger charge is 2.09. The molecule has 2 nitrogen and oxygen atoms in total. The second kappa shape index (κ2) is 5.81. The summed E-state index contributed by atoms with van der Waals surface area (Å²) < 4.78 is 2.08. The van der Waals surface area contributed by atoms with Crippen molar-refractivity contribution in [2.24, 2.45) is 5.92 Å². The van der Waals surface area contributed by atoms with Crippen molar-refractivity contribution in [3.8, 4) is 11.3 Å². The van der Waals surface area contributed by atoms with E-state index in [0.29, 0.717) is 5.92 Å². The molecule has 0 atom stereocenters. The number of benzene rings is 1. The Balaban J connectivity index is 2.34. The highest BCUT2D eigenvalue weighted by molar-refractivity contribution is 7.98. The summed E-state index contributed by atoms with van der Waals surface area (Å²) in [6.45, 7) is 5.35. The maximum absolute atomic E-state index is 5.90. The summed E-state index contributed by atoms with van der Waals surface area (Å²) in [4.78, 5) is 0. The second-order valence-corrected chi connectivity index (χ2v) is 5.92. The molecule has 0 saturated carbocycles. The Bertz CT molecular complexity index is 517. The van der Waals surface area contributed by atoms with E-state index in [0.717, 1.165) is 22.8 Å². The van der Waals surface area contributed by atoms with Gasteiger partial charge in [0.05, 0.1) is 10.7 Å². The maximum Gasteiger partial charge on any atom is 0.0943 e. The van der Waals surface area contributed by atoms with E-state index in [9.17, 15) is 0 Å². The summed E-state index contributed by atoms with van der Waals surface area (Å²) >= 11 is 7.63. The fraction of sp³-hybridized carbons (Fsp3) is 0.357. The summed E-state index contributed by atoms with van der Waals surface area (Å²) in [6.07, 6.45) is 2.08. The predicted molar refractivity (Wildman–Crippen MR) is 79.3 cm³/mol. The van der Waals surface area contributed by atoms with E-state index in [2.05, 4.69) is 36.0 Å². The Hall–Kier alpha value is -0.930. The quantitative estimate of drug-likeness (QED) is 0.763. The average Bonchev–Trinajstić information content (AvgIpc) is 2.72. The van der Waals surface area contributed by atoms with Gasteiger partial charge in [0, 0.05) is 17.1 Å². The molecule has 18 heavy (non-hydrogen) atoms. The molecule has 0 aliphatic rings. The van der Waals surface area contributed by atoms with Gasteiger partial charge in [0.25, 0.3) is 0 Å². The number of nitrogens with zero attached hydrogens (tertiary/aromatic N) is 2. The average molecular weight is 281 g/mol. The lowest BCUT2D eigenvalue weighted by Crippen LogP contribution is -2.07. The Labute approximate surface area is 117 Å². The number of aromatic nitrogens is 2. The molecule has 0 fully saturated rings. The van der Waals surface area contributed by atoms with Crippen LogP contribution in [0.3, 0.4) is 0 Å². The van der Waals surface area contributed by atoms with Crippen molar-refractivity contribution in [2.45, 2.75) is 25.4 Å². The van der Waals surface area contributed by atoms with Gasteiger partial charge in [-0.1, -0.05) is 37.6 Å². The van der Waals surface area contributed by atoms with Crippen molar-refractivity contribution in [3.63, 3.8) is 0 Å². The molecule has 0 amide bonds. The minimum absolute atomic E-state index is 0.592. The van der Waals surface area contributed by atoms with Crippen LogP contribution in [0, 0.1) is 5.92 Å². The zero-order chi connectivity index (χ0) is 13.1. The number of hydrogen-bond donors (Lipinski definition) is 0. The molecular formula is C14H17ClN2S. The Morgan fingerprint density at radius 2 is 1.94 bits per heavy atom. The molecule has 2 rings (SSSR count). The van der Waals surface area contributed by atoms with Crippen LogP contribution in [0.1, 0.15) is 13.8 Å². The largest absolute Gasteiger partial charge is 0.258 e. The summed E-state index contributed by atoms with van der Waals surface area (Å²) in [5.74, 6) is 0.592. The summed E-state index contributed by atoms with van der Waals surface area (Å²) in [5.41, 5.74) is 2.12. The highest BCUT2D eigenvalue weighted by atomic mass is 35.5. The first-order valence-corrected chi connectivity index (χ1v) is 7.58. The lowest BCUT2D eigenvalue weighted by atomic mass is 10.2. The fourth-order valence-corrected chi connectivity index (χ4v) is 2.48. The number of halogens is 1. The van der Waals surface area contributed by atoms with Crippen molar-refractivity contribution in [1.82, 2.24) is 9.78 Å². The zero-order valence-electron chi connectivity index (χ0n) is 10.9. The third-order valence-corrected chi connectivity index (χ3v) is 3.63. The molecule has 0 bridgehead atoms. The minimum atomic E-state index is 0.592. The van der Waals surface area contributed by atoms with E-state index in [1.54, 1.807) is 11.8 Å². The molecule has 0 N–H and O–H groups in total. The molecule has 4 heteroatoms. The maximum atomic E-state index is 5.90. The first-order valence-electron chi connectivity index (χ1n) is 5.98. The highest BCUT2D eigenvalue weighted by Crippen LogP contribution is 2.25. The second-order valence-electron chi connectivity index (χ2n) is 4.65. The Morgan fingerprint density at radius 1 is 1.28 bits per heavy atom. The lowest BCUT2D eigenvalue weighted by molar-refractivity contribution is 0.457. The van der Waals surface area contributed by atoms with Crippen LogP contribution in [0.15, 0.2) is 35.4 Å². The standard InChI is InChI=1S/C14H17ClN2S/c1-10(2)9-17-14(18-3)8-13(16-17)11-4-6-12(15)7-5-11/h4-8,10H,9H2,1-3H3. The number of hydrogen-bond acceptors (Lipinski definition) is 2. The first-order chi connectivity index (χ1) is 8.60. The van der Waals surface area contributed by atoms with E-state index >= 15 is 0 Å². The van der Waals surface area contributed by atoms with E-state index in [4.69, 9.17) is 11.6 Å². The van der Waals surface area contributed by atoms with Crippen molar-refractivity contribution < 1.29 is 0 Å². The van der Waals surface area contributed by atoms with E-state index in [1.165, 1.54) is 5.03 Å². The molecule has 0 unspecified atom stereocenters. The Morgan fingerprint density at radius 3 is 2.50 bits per heavy atom. The molecule has 1 aromatic carbocycles. The van der Waals surface area contributed by atoms with Crippen LogP contribution in [-0.2, 0) is 6.54 Å². The van der Waals surface area contributed by atoms with Crippen LogP contribution in [0.5, 0.6) is 0 Å². The van der Waals surface area contributed by atoms with Crippen LogP contribution in [0.4, 0.5) is 0 Å². The summed E-state index contributed by atoms with van der Waals surface area (Å²) in [6, 6.07) is 9.95. The minimum Gasteiger partial charge on any atom is -0.258 e. The smallest absolute Gasteiger partial charge is 0.0943 e. The van der Waals surface area contributed by atoms with Gasteiger partial charge in [-0.25, -0.2) is 0 Å². The third-order valence-electron chi connectivity index (χ3n) is 2.63. The fourth-order valence-electron chi connectivity index (χ4n) is 1.80. The zero-order valence-corrected chi connectivity index (χ0v) is 12.4. The molecule has 0 aliphatic heterocycles. The van der Waals surface area contributed by atoms with E-state index in [1.807, 2.05) is 24.3 Å². The topological polar surface area (TPSA) is 17.8 Å². The van der Waals surface area contributed by atoms with Gasteiger partial charge in [0.15, 0.2) is 0 Å². The SMILES string of the molecule is CSc1cc(-c2ccc(Cl)cc2)nn1CC(C)C. The molecule has 0 spiro atoms. The van der Waals surface area contributed by atoms with Crippen molar-refractivity contribution in [3.05, 3.63) is 35.4 Å². The van der Waals surface area contributed by atoms with Gasteiger partial charge in [-0.05, 0) is 30.4 Å². The van der Waals surface area contributed by atoms with Crippen LogP contribution in [0.2, 0.25) is 5.02 Å². The molecule has 2 aromatic rings. The molecular weight excluding hydrogens is 264 g/mol. The van der Waals surface area contributed by atoms with Crippen LogP contribution in [0.25, 0.3) is 11.3 Å². The molecule has 0 saturated heterocycles. The van der Waals surface area contributed by atoms with Crippen LogP contribution in [-0.4, -0.2) is 16.0 Å². The Kier molecular flexibility index (Phi) is 4.36.